The van der Waals surface area contributed by atoms with Crippen LogP contribution in [-0.4, -0.2) is 43.8 Å². The maximum atomic E-state index is 10.8. The first-order valence-corrected chi connectivity index (χ1v) is 6.23. The average molecular weight is 334 g/mol. The van der Waals surface area contributed by atoms with E-state index in [2.05, 4.69) is 19.9 Å². The van der Waals surface area contributed by atoms with Crippen molar-refractivity contribution in [3.05, 3.63) is 34.4 Å². The molecule has 0 radical (unpaired) electrons. The van der Waals surface area contributed by atoms with Gasteiger partial charge in [-0.1, -0.05) is 0 Å². The van der Waals surface area contributed by atoms with Gasteiger partial charge in [0.05, 0.1) is 35.3 Å². The van der Waals surface area contributed by atoms with Crippen molar-refractivity contribution in [1.82, 2.24) is 19.9 Å². The number of carbonyl (C=O) groups is 4. The van der Waals surface area contributed by atoms with E-state index in [4.69, 9.17) is 0 Å². The molecule has 0 aliphatic heterocycles. The molecule has 0 aromatic carbocycles. The number of hydrogen-bond acceptors (Lipinski definition) is 10. The Morgan fingerprint density at radius 1 is 0.667 bits per heavy atom. The van der Waals surface area contributed by atoms with Crippen LogP contribution in [0.1, 0.15) is 53.6 Å². The zero-order valence-electron chi connectivity index (χ0n) is 11.6. The minimum absolute atomic E-state index is 0.0881. The molecule has 24 heavy (non-hydrogen) atoms. The van der Waals surface area contributed by atoms with Gasteiger partial charge < -0.3 is 49.6 Å². The number of H-pyrrole nitrogens is 2. The lowest BCUT2D eigenvalue weighted by Gasteiger charge is -2.02. The number of aromatic amines is 2. The van der Waals surface area contributed by atoms with Gasteiger partial charge in [0.2, 0.25) is 0 Å². The van der Waals surface area contributed by atoms with Gasteiger partial charge in [0.1, 0.15) is 23.0 Å². The van der Waals surface area contributed by atoms with Crippen molar-refractivity contribution in [2.24, 2.45) is 0 Å². The molecule has 2 heterocycles. The molecule has 2 rings (SSSR count). The fraction of sp³-hybridized carbons (Fsp3) is 0.167. The van der Waals surface area contributed by atoms with E-state index in [0.29, 0.717) is 0 Å². The molecule has 12 nitrogen and oxygen atoms in total. The maximum absolute atomic E-state index is 10.8. The second-order valence-electron chi connectivity index (χ2n) is 4.46. The number of aromatic nitrogens is 4. The molecule has 0 atom stereocenters. The highest BCUT2D eigenvalue weighted by Gasteiger charge is 2.15. The molecular weight excluding hydrogens is 328 g/mol. The van der Waals surface area contributed by atoms with Crippen LogP contribution in [0.4, 0.5) is 0 Å². The van der Waals surface area contributed by atoms with Crippen molar-refractivity contribution >= 4 is 23.9 Å². The third-order valence-corrected chi connectivity index (χ3v) is 2.90. The molecule has 12 heteroatoms. The number of carboxylic acid groups (broad SMARTS) is 4. The topological polar surface area (TPSA) is 218 Å². The molecule has 2 aromatic rings. The van der Waals surface area contributed by atoms with E-state index in [-0.39, 0.29) is 24.5 Å². The summed E-state index contributed by atoms with van der Waals surface area (Å²) in [5.41, 5.74) is -3.27. The van der Waals surface area contributed by atoms with Gasteiger partial charge in [-0.05, 0) is 0 Å². The van der Waals surface area contributed by atoms with Crippen LogP contribution >= 0.6 is 0 Å². The number of imidazole rings is 2. The Balaban J connectivity index is 2.23. The molecule has 0 bridgehead atoms. The average Bonchev–Trinajstić information content (AvgIpc) is 3.09. The van der Waals surface area contributed by atoms with Crippen LogP contribution in [0.3, 0.4) is 0 Å². The molecule has 0 saturated heterocycles. The Hall–Kier alpha value is -3.70. The maximum Gasteiger partial charge on any atom is 0.113 e. The van der Waals surface area contributed by atoms with Crippen molar-refractivity contribution in [3.8, 4) is 0 Å². The molecule has 0 unspecified atom stereocenters. The van der Waals surface area contributed by atoms with Gasteiger partial charge >= 0.3 is 0 Å². The Morgan fingerprint density at radius 2 is 1.00 bits per heavy atom. The smallest absolute Gasteiger partial charge is 0.113 e. The molecule has 2 aromatic heterocycles. The van der Waals surface area contributed by atoms with Crippen molar-refractivity contribution in [1.29, 1.82) is 0 Å². The van der Waals surface area contributed by atoms with E-state index < -0.39 is 46.7 Å². The summed E-state index contributed by atoms with van der Waals surface area (Å²) in [6.45, 7) is 0. The lowest BCUT2D eigenvalue weighted by Crippen LogP contribution is -2.30. The van der Waals surface area contributed by atoms with E-state index in [1.165, 1.54) is 0 Å². The van der Waals surface area contributed by atoms with Crippen molar-refractivity contribution in [2.75, 3.05) is 0 Å². The van der Waals surface area contributed by atoms with Gasteiger partial charge in [0.15, 0.2) is 0 Å². The number of carbonyl (C=O) groups excluding carboxylic acids is 4. The van der Waals surface area contributed by atoms with Crippen molar-refractivity contribution in [2.45, 2.75) is 12.8 Å². The van der Waals surface area contributed by atoms with Crippen LogP contribution in [0, 0.1) is 0 Å². The lowest BCUT2D eigenvalue weighted by atomic mass is 10.3. The number of rotatable bonds is 7. The Morgan fingerprint density at radius 3 is 1.21 bits per heavy atom. The minimum atomic E-state index is -1.83. The summed E-state index contributed by atoms with van der Waals surface area (Å²) in [4.78, 5) is 54.5. The third kappa shape index (κ3) is 3.21. The predicted molar refractivity (Wildman–Crippen MR) is 61.9 cm³/mol. The fourth-order valence-corrected chi connectivity index (χ4v) is 1.91. The molecule has 0 aliphatic rings. The van der Waals surface area contributed by atoms with Gasteiger partial charge in [-0.15, -0.1) is 0 Å². The summed E-state index contributed by atoms with van der Waals surface area (Å²) in [6, 6.07) is 0. The molecule has 0 aliphatic carbocycles. The van der Waals surface area contributed by atoms with Crippen LogP contribution in [0.2, 0.25) is 0 Å². The van der Waals surface area contributed by atoms with Crippen LogP contribution in [0.15, 0.2) is 0 Å². The highest BCUT2D eigenvalue weighted by molar-refractivity contribution is 5.97. The summed E-state index contributed by atoms with van der Waals surface area (Å²) < 4.78 is 0. The summed E-state index contributed by atoms with van der Waals surface area (Å²) >= 11 is 0. The first-order chi connectivity index (χ1) is 11.2. The van der Waals surface area contributed by atoms with Gasteiger partial charge in [-0.25, -0.2) is 9.97 Å². The minimum Gasteiger partial charge on any atom is -0.543 e. The van der Waals surface area contributed by atoms with Crippen LogP contribution in [-0.2, 0) is 12.8 Å². The highest BCUT2D eigenvalue weighted by Crippen LogP contribution is 2.10. The molecule has 0 fully saturated rings. The van der Waals surface area contributed by atoms with Crippen LogP contribution in [0.5, 0.6) is 0 Å². The quantitative estimate of drug-likeness (QED) is 0.488. The summed E-state index contributed by atoms with van der Waals surface area (Å²) in [5, 5.41) is 43.1. The number of aryl methyl sites for hydroxylation is 2. The van der Waals surface area contributed by atoms with Crippen molar-refractivity contribution in [3.63, 3.8) is 0 Å². The monoisotopic (exact) mass is 334 g/mol. The number of nitrogens with one attached hydrogen (secondary N) is 2. The largest absolute Gasteiger partial charge is 0.543 e. The van der Waals surface area contributed by atoms with Gasteiger partial charge in [-0.3, -0.25) is 0 Å². The summed E-state index contributed by atoms with van der Waals surface area (Å²) in [5.74, 6) is -7.43. The van der Waals surface area contributed by atoms with Gasteiger partial charge in [0, 0.05) is 12.8 Å². The van der Waals surface area contributed by atoms with Crippen LogP contribution in [0.25, 0.3) is 0 Å². The molecule has 0 spiro atoms. The summed E-state index contributed by atoms with van der Waals surface area (Å²) in [6.07, 6.45) is -0.222. The Kier molecular flexibility index (Phi) is 4.30. The summed E-state index contributed by atoms with van der Waals surface area (Å²) in [7, 11) is 0. The van der Waals surface area contributed by atoms with E-state index in [1.54, 1.807) is 0 Å². The SMILES string of the molecule is O=C([O-])c1nc(CCc2nc(C(=O)[O-])c(C(=O)[O-])[nH]2)[nH]c1C(=O)[O-]. The first-order valence-electron chi connectivity index (χ1n) is 6.23. The van der Waals surface area contributed by atoms with Gasteiger partial charge in [-0.2, -0.15) is 0 Å². The van der Waals surface area contributed by atoms with Crippen LogP contribution < -0.4 is 20.4 Å². The van der Waals surface area contributed by atoms with E-state index in [9.17, 15) is 39.6 Å². The third-order valence-electron chi connectivity index (χ3n) is 2.90. The van der Waals surface area contributed by atoms with Gasteiger partial charge in [0.25, 0.3) is 0 Å². The highest BCUT2D eigenvalue weighted by atomic mass is 16.4. The zero-order valence-corrected chi connectivity index (χ0v) is 11.6. The standard InChI is InChI=1S/C12H10N4O8/c17-9(18)5-6(10(19)20)14-3(13-5)1-2-4-15-7(11(21)22)8(16-4)12(23)24/h1-2H2,(H,13,14)(H,15,16)(H,17,18)(H,19,20)(H,21,22)(H,23,24)/p-4. The molecular formula is C12H6N4O8-4. The first kappa shape index (κ1) is 16.7. The van der Waals surface area contributed by atoms with Crippen molar-refractivity contribution < 1.29 is 39.6 Å². The predicted octanol–water partition coefficient (Wildman–Crippen LogP) is -5.63. The number of aromatic carboxylic acids is 4. The second kappa shape index (κ2) is 6.20. The molecule has 126 valence electrons. The van der Waals surface area contributed by atoms with E-state index in [1.807, 2.05) is 0 Å². The second-order valence-corrected chi connectivity index (χ2v) is 4.46. The molecule has 0 amide bonds. The number of nitrogens with zero attached hydrogens (tertiary/aromatic N) is 2. The molecule has 2 N–H and O–H groups in total. The number of hydrogen-bond donors (Lipinski definition) is 2. The normalized spacial score (nSPS) is 10.5. The van der Waals surface area contributed by atoms with E-state index >= 15 is 0 Å². The number of carboxylic acids is 4. The zero-order chi connectivity index (χ0) is 18.0. The Labute approximate surface area is 131 Å². The molecule has 0 saturated carbocycles. The Bertz CT molecular complexity index is 716. The van der Waals surface area contributed by atoms with E-state index in [0.717, 1.165) is 0 Å². The lowest BCUT2D eigenvalue weighted by molar-refractivity contribution is -0.260. The fourth-order valence-electron chi connectivity index (χ4n) is 1.91.